The number of nitrogens with one attached hydrogen (secondary N) is 1. The summed E-state index contributed by atoms with van der Waals surface area (Å²) in [4.78, 5) is 1.94. The molecule has 0 radical (unpaired) electrons. The molecule has 2 rings (SSSR count). The van der Waals surface area contributed by atoms with E-state index in [-0.39, 0.29) is 6.04 Å². The summed E-state index contributed by atoms with van der Waals surface area (Å²) >= 11 is 1.53. The van der Waals surface area contributed by atoms with E-state index in [1.165, 1.54) is 21.8 Å². The SMILES string of the molecule is COc1ccc([C@@H](C)NCc2ccc(C#N)s2)cc1. The van der Waals surface area contributed by atoms with Crippen molar-refractivity contribution >= 4 is 11.3 Å². The molecule has 0 saturated carbocycles. The molecule has 2 aromatic rings. The molecule has 0 aliphatic heterocycles. The Bertz CT molecular complexity index is 569. The average molecular weight is 272 g/mol. The smallest absolute Gasteiger partial charge is 0.118 e. The molecule has 0 spiro atoms. The number of nitrogens with zero attached hydrogens (tertiary/aromatic N) is 1. The van der Waals surface area contributed by atoms with E-state index in [9.17, 15) is 0 Å². The zero-order valence-corrected chi connectivity index (χ0v) is 11.8. The van der Waals surface area contributed by atoms with Gasteiger partial charge in [-0.25, -0.2) is 0 Å². The van der Waals surface area contributed by atoms with Crippen LogP contribution in [-0.4, -0.2) is 7.11 Å². The van der Waals surface area contributed by atoms with Crippen molar-refractivity contribution in [3.8, 4) is 11.8 Å². The van der Waals surface area contributed by atoms with Crippen LogP contribution in [0.2, 0.25) is 0 Å². The molecule has 19 heavy (non-hydrogen) atoms. The number of ether oxygens (including phenoxy) is 1. The molecule has 1 N–H and O–H groups in total. The van der Waals surface area contributed by atoms with E-state index < -0.39 is 0 Å². The molecular weight excluding hydrogens is 256 g/mol. The number of hydrogen-bond donors (Lipinski definition) is 1. The molecule has 1 heterocycles. The summed E-state index contributed by atoms with van der Waals surface area (Å²) in [6.45, 7) is 2.90. The third kappa shape index (κ3) is 3.57. The summed E-state index contributed by atoms with van der Waals surface area (Å²) in [5.74, 6) is 0.868. The second kappa shape index (κ2) is 6.37. The molecule has 1 aromatic heterocycles. The van der Waals surface area contributed by atoms with Gasteiger partial charge < -0.3 is 10.1 Å². The van der Waals surface area contributed by atoms with Gasteiger partial charge in [-0.3, -0.25) is 0 Å². The normalized spacial score (nSPS) is 11.8. The van der Waals surface area contributed by atoms with Gasteiger partial charge in [-0.1, -0.05) is 12.1 Å². The lowest BCUT2D eigenvalue weighted by Crippen LogP contribution is -2.17. The van der Waals surface area contributed by atoms with Gasteiger partial charge in [-0.2, -0.15) is 5.26 Å². The Hall–Kier alpha value is -1.83. The lowest BCUT2D eigenvalue weighted by molar-refractivity contribution is 0.414. The standard InChI is InChI=1S/C15H16N2OS/c1-11(12-3-5-13(18-2)6-4-12)17-10-15-8-7-14(9-16)19-15/h3-8,11,17H,10H2,1-2H3/t11-/m1/s1. The number of methoxy groups -OCH3 is 1. The number of rotatable bonds is 5. The van der Waals surface area contributed by atoms with Gasteiger partial charge in [0, 0.05) is 17.5 Å². The van der Waals surface area contributed by atoms with Gasteiger partial charge in [0.2, 0.25) is 0 Å². The van der Waals surface area contributed by atoms with E-state index in [1.54, 1.807) is 7.11 Å². The highest BCUT2D eigenvalue weighted by molar-refractivity contribution is 7.12. The summed E-state index contributed by atoms with van der Waals surface area (Å²) < 4.78 is 5.14. The minimum Gasteiger partial charge on any atom is -0.497 e. The lowest BCUT2D eigenvalue weighted by Gasteiger charge is -2.14. The van der Waals surface area contributed by atoms with E-state index in [4.69, 9.17) is 10.00 Å². The van der Waals surface area contributed by atoms with E-state index in [2.05, 4.69) is 30.4 Å². The first kappa shape index (κ1) is 13.6. The van der Waals surface area contributed by atoms with Crippen LogP contribution in [0.25, 0.3) is 0 Å². The molecule has 1 aromatic carbocycles. The quantitative estimate of drug-likeness (QED) is 0.906. The zero-order valence-electron chi connectivity index (χ0n) is 11.0. The van der Waals surface area contributed by atoms with E-state index >= 15 is 0 Å². The Balaban J connectivity index is 1.93. The van der Waals surface area contributed by atoms with Crippen molar-refractivity contribution < 1.29 is 4.74 Å². The molecule has 98 valence electrons. The van der Waals surface area contributed by atoms with Gasteiger partial charge in [0.1, 0.15) is 16.7 Å². The molecule has 3 nitrogen and oxygen atoms in total. The van der Waals surface area contributed by atoms with E-state index in [1.807, 2.05) is 24.3 Å². The molecular formula is C15H16N2OS. The number of thiophene rings is 1. The molecule has 0 bridgehead atoms. The Morgan fingerprint density at radius 3 is 2.58 bits per heavy atom. The van der Waals surface area contributed by atoms with Crippen molar-refractivity contribution in [2.24, 2.45) is 0 Å². The van der Waals surface area contributed by atoms with E-state index in [0.29, 0.717) is 0 Å². The summed E-state index contributed by atoms with van der Waals surface area (Å²) in [7, 11) is 1.67. The summed E-state index contributed by atoms with van der Waals surface area (Å²) in [6, 6.07) is 14.3. The van der Waals surface area contributed by atoms with Crippen LogP contribution >= 0.6 is 11.3 Å². The van der Waals surface area contributed by atoms with Crippen molar-refractivity contribution in [3.63, 3.8) is 0 Å². The molecule has 0 unspecified atom stereocenters. The van der Waals surface area contributed by atoms with Gasteiger partial charge >= 0.3 is 0 Å². The fourth-order valence-electron chi connectivity index (χ4n) is 1.80. The molecule has 4 heteroatoms. The Morgan fingerprint density at radius 1 is 1.26 bits per heavy atom. The summed E-state index contributed by atoms with van der Waals surface area (Å²) in [6.07, 6.45) is 0. The van der Waals surface area contributed by atoms with Crippen LogP contribution < -0.4 is 10.1 Å². The molecule has 0 fully saturated rings. The van der Waals surface area contributed by atoms with Crippen molar-refractivity contribution in [2.45, 2.75) is 19.5 Å². The third-order valence-corrected chi connectivity index (χ3v) is 3.96. The molecule has 0 aliphatic rings. The van der Waals surface area contributed by atoms with Crippen LogP contribution in [-0.2, 0) is 6.54 Å². The van der Waals surface area contributed by atoms with Gasteiger partial charge in [0.05, 0.1) is 7.11 Å². The highest BCUT2D eigenvalue weighted by atomic mass is 32.1. The Kier molecular flexibility index (Phi) is 4.56. The number of nitriles is 1. The largest absolute Gasteiger partial charge is 0.497 e. The Labute approximate surface area is 117 Å². The minimum absolute atomic E-state index is 0.263. The first-order valence-electron chi connectivity index (χ1n) is 6.09. The van der Waals surface area contributed by atoms with Crippen LogP contribution in [0.4, 0.5) is 0 Å². The first-order valence-corrected chi connectivity index (χ1v) is 6.90. The zero-order chi connectivity index (χ0) is 13.7. The maximum absolute atomic E-state index is 8.78. The van der Waals surface area contributed by atoms with Gasteiger partial charge in [-0.15, -0.1) is 11.3 Å². The maximum atomic E-state index is 8.78. The van der Waals surface area contributed by atoms with Gasteiger partial charge in [0.15, 0.2) is 0 Å². The first-order chi connectivity index (χ1) is 9.22. The van der Waals surface area contributed by atoms with Crippen LogP contribution in [0.3, 0.4) is 0 Å². The van der Waals surface area contributed by atoms with Gasteiger partial charge in [-0.05, 0) is 36.8 Å². The monoisotopic (exact) mass is 272 g/mol. The van der Waals surface area contributed by atoms with Crippen LogP contribution in [0.1, 0.15) is 28.3 Å². The highest BCUT2D eigenvalue weighted by Crippen LogP contribution is 2.19. The van der Waals surface area contributed by atoms with Crippen LogP contribution in [0, 0.1) is 11.3 Å². The van der Waals surface area contributed by atoms with Crippen LogP contribution in [0.15, 0.2) is 36.4 Å². The van der Waals surface area contributed by atoms with Crippen molar-refractivity contribution in [1.29, 1.82) is 5.26 Å². The fourth-order valence-corrected chi connectivity index (χ4v) is 2.55. The fraction of sp³-hybridized carbons (Fsp3) is 0.267. The third-order valence-electron chi connectivity index (χ3n) is 2.97. The molecule has 0 amide bonds. The minimum atomic E-state index is 0.263. The van der Waals surface area contributed by atoms with Crippen molar-refractivity contribution in [1.82, 2.24) is 5.32 Å². The second-order valence-electron chi connectivity index (χ2n) is 4.25. The molecule has 1 atom stereocenters. The van der Waals surface area contributed by atoms with E-state index in [0.717, 1.165) is 17.2 Å². The molecule has 0 aliphatic carbocycles. The Morgan fingerprint density at radius 2 is 2.00 bits per heavy atom. The van der Waals surface area contributed by atoms with Gasteiger partial charge in [0.25, 0.3) is 0 Å². The maximum Gasteiger partial charge on any atom is 0.118 e. The predicted octanol–water partition coefficient (Wildman–Crippen LogP) is 3.48. The van der Waals surface area contributed by atoms with Crippen LogP contribution in [0.5, 0.6) is 5.75 Å². The topological polar surface area (TPSA) is 45.0 Å². The number of hydrogen-bond acceptors (Lipinski definition) is 4. The average Bonchev–Trinajstić information content (AvgIpc) is 2.93. The van der Waals surface area contributed by atoms with Crippen molar-refractivity contribution in [2.75, 3.05) is 7.11 Å². The van der Waals surface area contributed by atoms with Crippen molar-refractivity contribution in [3.05, 3.63) is 51.7 Å². The highest BCUT2D eigenvalue weighted by Gasteiger charge is 2.06. The second-order valence-corrected chi connectivity index (χ2v) is 5.42. The summed E-state index contributed by atoms with van der Waals surface area (Å²) in [5, 5.41) is 12.2. The lowest BCUT2D eigenvalue weighted by atomic mass is 10.1. The molecule has 0 saturated heterocycles. The predicted molar refractivity (Wildman–Crippen MR) is 77.3 cm³/mol. The number of benzene rings is 1. The summed E-state index contributed by atoms with van der Waals surface area (Å²) in [5.41, 5.74) is 1.22.